The van der Waals surface area contributed by atoms with Crippen molar-refractivity contribution < 1.29 is 4.74 Å². The molecule has 6 heteroatoms. The molecule has 0 fully saturated rings. The van der Waals surface area contributed by atoms with E-state index >= 15 is 0 Å². The van der Waals surface area contributed by atoms with Crippen molar-refractivity contribution in [3.8, 4) is 11.4 Å². The van der Waals surface area contributed by atoms with Crippen LogP contribution in [-0.2, 0) is 13.6 Å². The van der Waals surface area contributed by atoms with Gasteiger partial charge in [-0.3, -0.25) is 9.36 Å². The number of rotatable bonds is 5. The Kier molecular flexibility index (Phi) is 4.78. The maximum atomic E-state index is 13.5. The molecular weight excluding hydrogens is 366 g/mol. The predicted octanol–water partition coefficient (Wildman–Crippen LogP) is 3.70. The Labute approximate surface area is 168 Å². The van der Waals surface area contributed by atoms with Crippen LogP contribution in [0.3, 0.4) is 0 Å². The highest BCUT2D eigenvalue weighted by Gasteiger charge is 2.21. The highest BCUT2D eigenvalue weighted by molar-refractivity contribution is 6.06. The van der Waals surface area contributed by atoms with Gasteiger partial charge in [-0.1, -0.05) is 32.0 Å². The molecule has 4 rings (SSSR count). The summed E-state index contributed by atoms with van der Waals surface area (Å²) in [6.45, 7) is 4.79. The maximum absolute atomic E-state index is 13.5. The third-order valence-electron chi connectivity index (χ3n) is 5.42. The number of ether oxygens (including phenoxy) is 1. The van der Waals surface area contributed by atoms with Gasteiger partial charge in [-0.05, 0) is 42.7 Å². The second kappa shape index (κ2) is 7.28. The van der Waals surface area contributed by atoms with Crippen LogP contribution in [0.2, 0.25) is 0 Å². The van der Waals surface area contributed by atoms with Gasteiger partial charge in [0, 0.05) is 19.0 Å². The third-order valence-corrected chi connectivity index (χ3v) is 5.42. The molecule has 0 radical (unpaired) electrons. The number of hydrogen-bond donors (Lipinski definition) is 0. The normalized spacial score (nSPS) is 11.6. The van der Waals surface area contributed by atoms with Crippen molar-refractivity contribution in [3.63, 3.8) is 0 Å². The zero-order valence-corrected chi connectivity index (χ0v) is 17.2. The molecule has 4 aromatic rings. The minimum Gasteiger partial charge on any atom is -0.497 e. The minimum atomic E-state index is -0.315. The summed E-state index contributed by atoms with van der Waals surface area (Å²) >= 11 is 0. The van der Waals surface area contributed by atoms with Gasteiger partial charge in [0.1, 0.15) is 11.3 Å². The van der Waals surface area contributed by atoms with E-state index < -0.39 is 0 Å². The number of nitrogens with zero attached hydrogens (tertiary/aromatic N) is 3. The number of aryl methyl sites for hydroxylation is 2. The van der Waals surface area contributed by atoms with E-state index in [1.54, 1.807) is 23.8 Å². The maximum Gasteiger partial charge on any atom is 0.336 e. The molecule has 2 heterocycles. The number of benzene rings is 2. The van der Waals surface area contributed by atoms with Gasteiger partial charge >= 0.3 is 5.69 Å². The Morgan fingerprint density at radius 2 is 1.72 bits per heavy atom. The molecule has 0 aliphatic heterocycles. The molecule has 0 atom stereocenters. The molecule has 0 aliphatic rings. The number of aromatic nitrogens is 3. The Morgan fingerprint density at radius 3 is 2.38 bits per heavy atom. The SMILES string of the molecule is COc1ccc2c(c1)c1c(c(=O)n(-c3ccccc3)c(=O)n1CCC(C)C)n2C. The second-order valence-electron chi connectivity index (χ2n) is 7.73. The molecular formula is C23H25N3O3. The van der Waals surface area contributed by atoms with Crippen LogP contribution in [-0.4, -0.2) is 20.8 Å². The molecule has 150 valence electrons. The van der Waals surface area contributed by atoms with Crippen molar-refractivity contribution >= 4 is 21.9 Å². The first-order valence-electron chi connectivity index (χ1n) is 9.81. The van der Waals surface area contributed by atoms with Gasteiger partial charge in [0.2, 0.25) is 0 Å². The van der Waals surface area contributed by atoms with Crippen LogP contribution >= 0.6 is 0 Å². The molecule has 0 saturated heterocycles. The molecule has 0 unspecified atom stereocenters. The van der Waals surface area contributed by atoms with Crippen molar-refractivity contribution in [1.82, 2.24) is 13.7 Å². The van der Waals surface area contributed by atoms with Crippen LogP contribution in [0.5, 0.6) is 5.75 Å². The fourth-order valence-corrected chi connectivity index (χ4v) is 3.86. The average molecular weight is 391 g/mol. The van der Waals surface area contributed by atoms with E-state index in [9.17, 15) is 9.59 Å². The van der Waals surface area contributed by atoms with E-state index in [4.69, 9.17) is 4.74 Å². The van der Waals surface area contributed by atoms with Crippen LogP contribution < -0.4 is 16.0 Å². The van der Waals surface area contributed by atoms with Gasteiger partial charge in [0.25, 0.3) is 5.56 Å². The Balaban J connectivity index is 2.18. The molecule has 2 aromatic carbocycles. The largest absolute Gasteiger partial charge is 0.497 e. The summed E-state index contributed by atoms with van der Waals surface area (Å²) in [4.78, 5) is 27.0. The predicted molar refractivity (Wildman–Crippen MR) is 116 cm³/mol. The Bertz CT molecular complexity index is 1310. The van der Waals surface area contributed by atoms with Gasteiger partial charge in [-0.25, -0.2) is 9.36 Å². The Hall–Kier alpha value is -3.28. The van der Waals surface area contributed by atoms with Crippen LogP contribution in [0.4, 0.5) is 0 Å². The first kappa shape index (κ1) is 19.1. The van der Waals surface area contributed by atoms with E-state index in [2.05, 4.69) is 13.8 Å². The number of methoxy groups -OCH3 is 1. The second-order valence-corrected chi connectivity index (χ2v) is 7.73. The number of para-hydroxylation sites is 1. The molecule has 29 heavy (non-hydrogen) atoms. The summed E-state index contributed by atoms with van der Waals surface area (Å²) in [6, 6.07) is 14.8. The van der Waals surface area contributed by atoms with Crippen LogP contribution in [0, 0.1) is 5.92 Å². The van der Waals surface area contributed by atoms with E-state index in [1.807, 2.05) is 48.0 Å². The summed E-state index contributed by atoms with van der Waals surface area (Å²) in [5.74, 6) is 1.12. The monoisotopic (exact) mass is 391 g/mol. The van der Waals surface area contributed by atoms with Crippen molar-refractivity contribution in [2.24, 2.45) is 13.0 Å². The lowest BCUT2D eigenvalue weighted by atomic mass is 10.1. The topological polar surface area (TPSA) is 58.2 Å². The molecule has 0 N–H and O–H groups in total. The summed E-state index contributed by atoms with van der Waals surface area (Å²) in [5, 5.41) is 0.847. The number of hydrogen-bond acceptors (Lipinski definition) is 3. The zero-order chi connectivity index (χ0) is 20.7. The van der Waals surface area contributed by atoms with Gasteiger partial charge in [-0.15, -0.1) is 0 Å². The molecule has 2 aromatic heterocycles. The van der Waals surface area contributed by atoms with Crippen molar-refractivity contribution in [1.29, 1.82) is 0 Å². The van der Waals surface area contributed by atoms with Gasteiger partial charge in [-0.2, -0.15) is 0 Å². The quantitative estimate of drug-likeness (QED) is 0.521. The first-order valence-corrected chi connectivity index (χ1v) is 9.81. The number of fused-ring (bicyclic) bond motifs is 3. The van der Waals surface area contributed by atoms with Gasteiger partial charge in [0.05, 0.1) is 23.8 Å². The molecule has 6 nitrogen and oxygen atoms in total. The van der Waals surface area contributed by atoms with Crippen molar-refractivity contribution in [2.75, 3.05) is 7.11 Å². The summed E-state index contributed by atoms with van der Waals surface area (Å²) in [7, 11) is 3.48. The van der Waals surface area contributed by atoms with E-state index in [1.165, 1.54) is 4.57 Å². The summed E-state index contributed by atoms with van der Waals surface area (Å²) < 4.78 is 10.3. The molecule has 0 saturated carbocycles. The van der Waals surface area contributed by atoms with E-state index in [0.717, 1.165) is 17.3 Å². The lowest BCUT2D eigenvalue weighted by Crippen LogP contribution is -2.39. The molecule has 0 spiro atoms. The van der Waals surface area contributed by atoms with E-state index in [0.29, 0.717) is 34.9 Å². The van der Waals surface area contributed by atoms with Gasteiger partial charge < -0.3 is 9.30 Å². The lowest BCUT2D eigenvalue weighted by Gasteiger charge is -2.14. The lowest BCUT2D eigenvalue weighted by molar-refractivity contribution is 0.415. The fourth-order valence-electron chi connectivity index (χ4n) is 3.86. The summed E-state index contributed by atoms with van der Waals surface area (Å²) in [6.07, 6.45) is 0.836. The van der Waals surface area contributed by atoms with E-state index in [-0.39, 0.29) is 11.2 Å². The molecule has 0 bridgehead atoms. The van der Waals surface area contributed by atoms with Crippen LogP contribution in [0.1, 0.15) is 20.3 Å². The minimum absolute atomic E-state index is 0.310. The fraction of sp³-hybridized carbons (Fsp3) is 0.304. The van der Waals surface area contributed by atoms with Crippen molar-refractivity contribution in [3.05, 3.63) is 69.4 Å². The van der Waals surface area contributed by atoms with Crippen LogP contribution in [0.15, 0.2) is 58.1 Å². The third kappa shape index (κ3) is 3.05. The summed E-state index contributed by atoms with van der Waals surface area (Å²) in [5.41, 5.74) is 2.02. The zero-order valence-electron chi connectivity index (χ0n) is 17.2. The average Bonchev–Trinajstić information content (AvgIpc) is 3.01. The van der Waals surface area contributed by atoms with Gasteiger partial charge in [0.15, 0.2) is 0 Å². The Morgan fingerprint density at radius 1 is 1.00 bits per heavy atom. The first-order chi connectivity index (χ1) is 13.9. The molecule has 0 aliphatic carbocycles. The molecule has 0 amide bonds. The highest BCUT2D eigenvalue weighted by Crippen LogP contribution is 2.29. The standard InChI is InChI=1S/C23H25N3O3/c1-15(2)12-13-25-20-18-14-17(29-4)10-11-19(18)24(3)21(20)22(27)26(23(25)28)16-8-6-5-7-9-16/h5-11,14-15H,12-13H2,1-4H3. The van der Waals surface area contributed by atoms with Crippen molar-refractivity contribution in [2.45, 2.75) is 26.8 Å². The smallest absolute Gasteiger partial charge is 0.336 e. The van der Waals surface area contributed by atoms with Crippen LogP contribution in [0.25, 0.3) is 27.6 Å². The highest BCUT2D eigenvalue weighted by atomic mass is 16.5.